The Balaban J connectivity index is 1.35. The van der Waals surface area contributed by atoms with Gasteiger partial charge >= 0.3 is 5.97 Å². The number of rotatable bonds is 8. The molecule has 1 unspecified atom stereocenters. The van der Waals surface area contributed by atoms with Crippen LogP contribution in [0, 0.1) is 5.92 Å². The van der Waals surface area contributed by atoms with Crippen molar-refractivity contribution in [1.82, 2.24) is 9.55 Å². The van der Waals surface area contributed by atoms with Gasteiger partial charge in [-0.3, -0.25) is 14.2 Å². The van der Waals surface area contributed by atoms with Crippen molar-refractivity contribution in [2.24, 2.45) is 5.92 Å². The van der Waals surface area contributed by atoms with Gasteiger partial charge in [0.1, 0.15) is 5.00 Å². The van der Waals surface area contributed by atoms with Crippen LogP contribution in [0.2, 0.25) is 0 Å². The molecule has 0 aliphatic heterocycles. The maximum atomic E-state index is 13.3. The average Bonchev–Trinajstić information content (AvgIpc) is 3.26. The van der Waals surface area contributed by atoms with Gasteiger partial charge in [0.05, 0.1) is 28.8 Å². The van der Waals surface area contributed by atoms with Crippen molar-refractivity contribution in [2.45, 2.75) is 44.7 Å². The molecule has 4 aromatic rings. The van der Waals surface area contributed by atoms with Gasteiger partial charge in [0.25, 0.3) is 5.56 Å². The predicted molar refractivity (Wildman–Crippen MR) is 153 cm³/mol. The zero-order valence-electron chi connectivity index (χ0n) is 21.4. The van der Waals surface area contributed by atoms with Crippen molar-refractivity contribution >= 4 is 50.9 Å². The summed E-state index contributed by atoms with van der Waals surface area (Å²) in [5.41, 5.74) is 2.72. The van der Waals surface area contributed by atoms with Crippen LogP contribution in [0.15, 0.2) is 64.5 Å². The van der Waals surface area contributed by atoms with E-state index in [4.69, 9.17) is 9.72 Å². The lowest BCUT2D eigenvalue weighted by Crippen LogP contribution is -2.22. The molecule has 1 N–H and O–H groups in total. The molecule has 0 saturated heterocycles. The van der Waals surface area contributed by atoms with Gasteiger partial charge in [0.2, 0.25) is 5.91 Å². The monoisotopic (exact) mass is 547 g/mol. The summed E-state index contributed by atoms with van der Waals surface area (Å²) >= 11 is 2.84. The Morgan fingerprint density at radius 2 is 1.92 bits per heavy atom. The fourth-order valence-electron chi connectivity index (χ4n) is 4.70. The molecule has 1 aliphatic rings. The Bertz CT molecular complexity index is 1540. The summed E-state index contributed by atoms with van der Waals surface area (Å²) < 4.78 is 6.91. The molecule has 2 aromatic heterocycles. The van der Waals surface area contributed by atoms with Crippen molar-refractivity contribution in [3.63, 3.8) is 0 Å². The number of carbonyl (C=O) groups excluding carboxylic acids is 2. The highest BCUT2D eigenvalue weighted by Gasteiger charge is 2.29. The molecule has 1 amide bonds. The van der Waals surface area contributed by atoms with E-state index in [1.165, 1.54) is 23.1 Å². The topological polar surface area (TPSA) is 90.3 Å². The first-order chi connectivity index (χ1) is 18.5. The number of benzene rings is 2. The molecular weight excluding hydrogens is 518 g/mol. The highest BCUT2D eigenvalue weighted by molar-refractivity contribution is 7.99. The van der Waals surface area contributed by atoms with Gasteiger partial charge in [-0.1, -0.05) is 49.0 Å². The molecule has 0 radical (unpaired) electrons. The number of nitrogens with one attached hydrogen (secondary N) is 1. The van der Waals surface area contributed by atoms with Crippen LogP contribution in [0.1, 0.15) is 47.5 Å². The summed E-state index contributed by atoms with van der Waals surface area (Å²) in [7, 11) is 0. The molecule has 2 aromatic carbocycles. The van der Waals surface area contributed by atoms with Crippen LogP contribution < -0.4 is 10.9 Å². The summed E-state index contributed by atoms with van der Waals surface area (Å²) in [6, 6.07) is 16.7. The zero-order valence-corrected chi connectivity index (χ0v) is 23.0. The van der Waals surface area contributed by atoms with E-state index in [0.29, 0.717) is 38.3 Å². The Morgan fingerprint density at radius 3 is 2.71 bits per heavy atom. The average molecular weight is 548 g/mol. The Labute approximate surface area is 229 Å². The van der Waals surface area contributed by atoms with Crippen molar-refractivity contribution in [1.29, 1.82) is 0 Å². The Hall–Kier alpha value is -3.43. The van der Waals surface area contributed by atoms with Crippen molar-refractivity contribution in [2.75, 3.05) is 17.7 Å². The number of aromatic nitrogens is 2. The fourth-order valence-corrected chi connectivity index (χ4v) is 7.06. The number of para-hydroxylation sites is 2. The van der Waals surface area contributed by atoms with E-state index >= 15 is 0 Å². The molecule has 0 fully saturated rings. The molecule has 7 nitrogen and oxygen atoms in total. The van der Waals surface area contributed by atoms with Crippen LogP contribution in [0.5, 0.6) is 0 Å². The zero-order chi connectivity index (χ0) is 26.6. The molecule has 0 bridgehead atoms. The lowest BCUT2D eigenvalue weighted by Gasteiger charge is -2.18. The minimum atomic E-state index is -0.378. The van der Waals surface area contributed by atoms with Gasteiger partial charge in [-0.2, -0.15) is 0 Å². The molecule has 9 heteroatoms. The minimum Gasteiger partial charge on any atom is -0.462 e. The molecule has 0 saturated carbocycles. The van der Waals surface area contributed by atoms with E-state index in [1.54, 1.807) is 17.6 Å². The maximum Gasteiger partial charge on any atom is 0.341 e. The lowest BCUT2D eigenvalue weighted by molar-refractivity contribution is -0.115. The van der Waals surface area contributed by atoms with Gasteiger partial charge in [-0.05, 0) is 61.9 Å². The largest absolute Gasteiger partial charge is 0.462 e. The van der Waals surface area contributed by atoms with Gasteiger partial charge in [-0.15, -0.1) is 11.3 Å². The second-order valence-electron chi connectivity index (χ2n) is 9.31. The third-order valence-corrected chi connectivity index (χ3v) is 8.67. The molecule has 196 valence electrons. The third kappa shape index (κ3) is 5.39. The summed E-state index contributed by atoms with van der Waals surface area (Å²) in [5.74, 6) is 0.397. The van der Waals surface area contributed by atoms with Crippen LogP contribution in [0.25, 0.3) is 16.6 Å². The maximum absolute atomic E-state index is 13.3. The SMILES string of the molecule is CCOC(=O)c1c(NC(=O)CCSc2nc3ccccc3c(=O)n2-c2ccccc2)sc2c1CCC(C)C2. The van der Waals surface area contributed by atoms with E-state index in [1.807, 2.05) is 48.5 Å². The quantitative estimate of drug-likeness (QED) is 0.169. The Kier molecular flexibility index (Phi) is 7.95. The number of thiophene rings is 1. The van der Waals surface area contributed by atoms with Crippen LogP contribution in [0.4, 0.5) is 5.00 Å². The standard InChI is InChI=1S/C29H29N3O4S2/c1-3-36-28(35)25-21-14-13-18(2)17-23(21)38-26(25)31-24(33)15-16-37-29-30-22-12-8-7-11-20(22)27(34)32(29)19-9-5-4-6-10-19/h4-12,18H,3,13-17H2,1-2H3,(H,31,33). The Morgan fingerprint density at radius 1 is 1.16 bits per heavy atom. The second-order valence-corrected chi connectivity index (χ2v) is 11.5. The molecule has 0 spiro atoms. The predicted octanol–water partition coefficient (Wildman–Crippen LogP) is 5.87. The normalized spacial score (nSPS) is 14.7. The summed E-state index contributed by atoms with van der Waals surface area (Å²) in [4.78, 5) is 45.0. The number of hydrogen-bond donors (Lipinski definition) is 1. The number of ether oxygens (including phenoxy) is 1. The van der Waals surface area contributed by atoms with Crippen LogP contribution in [-0.4, -0.2) is 33.8 Å². The van der Waals surface area contributed by atoms with E-state index in [-0.39, 0.29) is 30.5 Å². The van der Waals surface area contributed by atoms with Crippen molar-refractivity contribution < 1.29 is 14.3 Å². The smallest absolute Gasteiger partial charge is 0.341 e. The number of anilines is 1. The number of fused-ring (bicyclic) bond motifs is 2. The number of hydrogen-bond acceptors (Lipinski definition) is 7. The number of nitrogens with zero attached hydrogens (tertiary/aromatic N) is 2. The highest BCUT2D eigenvalue weighted by atomic mass is 32.2. The highest BCUT2D eigenvalue weighted by Crippen LogP contribution is 2.40. The molecule has 38 heavy (non-hydrogen) atoms. The van der Waals surface area contributed by atoms with Gasteiger partial charge in [0.15, 0.2) is 5.16 Å². The summed E-state index contributed by atoms with van der Waals surface area (Å²) in [6.45, 7) is 4.27. The first-order valence-electron chi connectivity index (χ1n) is 12.8. The lowest BCUT2D eigenvalue weighted by atomic mass is 9.88. The number of esters is 1. The third-order valence-electron chi connectivity index (χ3n) is 6.56. The van der Waals surface area contributed by atoms with Gasteiger partial charge in [-0.25, -0.2) is 9.78 Å². The van der Waals surface area contributed by atoms with Crippen LogP contribution in [0.3, 0.4) is 0 Å². The first kappa shape index (κ1) is 26.2. The van der Waals surface area contributed by atoms with Gasteiger partial charge < -0.3 is 10.1 Å². The van der Waals surface area contributed by atoms with Crippen molar-refractivity contribution in [3.8, 4) is 5.69 Å². The number of amides is 1. The summed E-state index contributed by atoms with van der Waals surface area (Å²) in [6.07, 6.45) is 2.94. The minimum absolute atomic E-state index is 0.147. The first-order valence-corrected chi connectivity index (χ1v) is 14.6. The van der Waals surface area contributed by atoms with Gasteiger partial charge in [0, 0.05) is 17.1 Å². The molecular formula is C29H29N3O4S2. The molecule has 1 aliphatic carbocycles. The van der Waals surface area contributed by atoms with E-state index < -0.39 is 0 Å². The van der Waals surface area contributed by atoms with Crippen molar-refractivity contribution in [3.05, 3.63) is 81.0 Å². The number of carbonyl (C=O) groups is 2. The summed E-state index contributed by atoms with van der Waals surface area (Å²) in [5, 5.41) is 4.61. The number of thioether (sulfide) groups is 1. The molecule has 2 heterocycles. The van der Waals surface area contributed by atoms with E-state index in [9.17, 15) is 14.4 Å². The molecule has 5 rings (SSSR count). The van der Waals surface area contributed by atoms with Crippen LogP contribution in [-0.2, 0) is 22.4 Å². The second kappa shape index (κ2) is 11.5. The van der Waals surface area contributed by atoms with E-state index in [0.717, 1.165) is 35.4 Å². The molecule has 1 atom stereocenters. The fraction of sp³-hybridized carbons (Fsp3) is 0.310. The van der Waals surface area contributed by atoms with Crippen LogP contribution >= 0.6 is 23.1 Å². The van der Waals surface area contributed by atoms with E-state index in [2.05, 4.69) is 12.2 Å².